The van der Waals surface area contributed by atoms with Crippen molar-refractivity contribution in [1.82, 2.24) is 25.0 Å². The molecule has 120 valence electrons. The Bertz CT molecular complexity index is 1020. The van der Waals surface area contributed by atoms with Crippen molar-refractivity contribution in [3.63, 3.8) is 0 Å². The molecule has 0 atom stereocenters. The molecule has 0 aliphatic carbocycles. The molecule has 3 heterocycles. The zero-order valence-corrected chi connectivity index (χ0v) is 14.8. The molecule has 0 N–H and O–H groups in total. The first-order chi connectivity index (χ1) is 11.6. The van der Waals surface area contributed by atoms with Crippen LogP contribution in [-0.4, -0.2) is 25.0 Å². The van der Waals surface area contributed by atoms with Gasteiger partial charge in [0.25, 0.3) is 5.89 Å². The second kappa shape index (κ2) is 5.83. The van der Waals surface area contributed by atoms with Crippen molar-refractivity contribution < 1.29 is 4.42 Å². The van der Waals surface area contributed by atoms with Crippen LogP contribution in [-0.2, 0) is 6.54 Å². The van der Waals surface area contributed by atoms with Crippen LogP contribution in [0.5, 0.6) is 0 Å². The van der Waals surface area contributed by atoms with Gasteiger partial charge in [0, 0.05) is 11.6 Å². The van der Waals surface area contributed by atoms with Gasteiger partial charge in [-0.25, -0.2) is 4.98 Å². The first-order valence-electron chi connectivity index (χ1n) is 7.48. The van der Waals surface area contributed by atoms with Crippen molar-refractivity contribution >= 4 is 26.8 Å². The molecule has 0 saturated carbocycles. The SMILES string of the molecule is Cc1ccc2nc(-c3nnc(Cn4cc(Br)c(C)n4)o3)ccc2c1. The average molecular weight is 384 g/mol. The molecule has 0 unspecified atom stereocenters. The first-order valence-corrected chi connectivity index (χ1v) is 8.27. The number of benzene rings is 1. The Balaban J connectivity index is 1.63. The van der Waals surface area contributed by atoms with Crippen LogP contribution in [0.4, 0.5) is 0 Å². The quantitative estimate of drug-likeness (QED) is 0.536. The van der Waals surface area contributed by atoms with Gasteiger partial charge >= 0.3 is 0 Å². The number of hydrogen-bond donors (Lipinski definition) is 0. The molecule has 24 heavy (non-hydrogen) atoms. The smallest absolute Gasteiger partial charge is 0.266 e. The molecule has 4 rings (SSSR count). The van der Waals surface area contributed by atoms with Crippen molar-refractivity contribution in [2.24, 2.45) is 0 Å². The minimum absolute atomic E-state index is 0.412. The fourth-order valence-corrected chi connectivity index (χ4v) is 2.81. The lowest BCUT2D eigenvalue weighted by atomic mass is 10.1. The van der Waals surface area contributed by atoms with E-state index in [0.29, 0.717) is 24.0 Å². The zero-order valence-electron chi connectivity index (χ0n) is 13.2. The van der Waals surface area contributed by atoms with Gasteiger partial charge in [0.05, 0.1) is 15.7 Å². The molecule has 0 fully saturated rings. The molecule has 0 radical (unpaired) electrons. The van der Waals surface area contributed by atoms with Gasteiger partial charge in [-0.3, -0.25) is 4.68 Å². The van der Waals surface area contributed by atoms with Gasteiger partial charge in [-0.15, -0.1) is 10.2 Å². The summed E-state index contributed by atoms with van der Waals surface area (Å²) in [5.74, 6) is 0.904. The molecule has 0 amide bonds. The number of aromatic nitrogens is 5. The van der Waals surface area contributed by atoms with Gasteiger partial charge in [-0.2, -0.15) is 5.10 Å². The van der Waals surface area contributed by atoms with Crippen LogP contribution in [0.25, 0.3) is 22.5 Å². The number of pyridine rings is 1. The minimum Gasteiger partial charge on any atom is -0.417 e. The van der Waals surface area contributed by atoms with Crippen molar-refractivity contribution in [3.05, 3.63) is 58.1 Å². The molecular formula is C17H14BrN5O. The standard InChI is InChI=1S/C17H14BrN5O/c1-10-3-5-14-12(7-10)4-6-15(19-14)17-21-20-16(24-17)9-23-8-13(18)11(2)22-23/h3-8H,9H2,1-2H3. The third-order valence-corrected chi connectivity index (χ3v) is 4.49. The fraction of sp³-hybridized carbons (Fsp3) is 0.176. The average Bonchev–Trinajstić information content (AvgIpc) is 3.14. The Morgan fingerprint density at radius 2 is 2.00 bits per heavy atom. The van der Waals surface area contributed by atoms with Gasteiger partial charge in [-0.1, -0.05) is 17.7 Å². The van der Waals surface area contributed by atoms with E-state index in [0.717, 1.165) is 21.1 Å². The summed E-state index contributed by atoms with van der Waals surface area (Å²) < 4.78 is 8.44. The highest BCUT2D eigenvalue weighted by molar-refractivity contribution is 9.10. The molecule has 0 bridgehead atoms. The van der Waals surface area contributed by atoms with Crippen molar-refractivity contribution in [3.8, 4) is 11.6 Å². The van der Waals surface area contributed by atoms with Crippen LogP contribution in [0.2, 0.25) is 0 Å². The monoisotopic (exact) mass is 383 g/mol. The number of fused-ring (bicyclic) bond motifs is 1. The van der Waals surface area contributed by atoms with Crippen LogP contribution in [0.3, 0.4) is 0 Å². The van der Waals surface area contributed by atoms with Crippen molar-refractivity contribution in [2.45, 2.75) is 20.4 Å². The predicted octanol–water partition coefficient (Wildman–Crippen LogP) is 3.91. The second-order valence-corrected chi connectivity index (χ2v) is 6.51. The second-order valence-electron chi connectivity index (χ2n) is 5.65. The molecule has 0 aliphatic rings. The summed E-state index contributed by atoms with van der Waals surface area (Å²) in [7, 11) is 0. The highest BCUT2D eigenvalue weighted by Crippen LogP contribution is 2.21. The van der Waals surface area contributed by atoms with Crippen LogP contribution >= 0.6 is 15.9 Å². The van der Waals surface area contributed by atoms with Crippen molar-refractivity contribution in [1.29, 1.82) is 0 Å². The summed E-state index contributed by atoms with van der Waals surface area (Å²) >= 11 is 3.44. The third kappa shape index (κ3) is 2.82. The van der Waals surface area contributed by atoms with Crippen LogP contribution in [0.15, 0.2) is 45.4 Å². The molecule has 4 aromatic rings. The maximum Gasteiger partial charge on any atom is 0.266 e. The largest absolute Gasteiger partial charge is 0.417 e. The number of nitrogens with zero attached hydrogens (tertiary/aromatic N) is 5. The molecule has 6 nitrogen and oxygen atoms in total. The van der Waals surface area contributed by atoms with Crippen LogP contribution in [0, 0.1) is 13.8 Å². The molecule has 3 aromatic heterocycles. The van der Waals surface area contributed by atoms with E-state index in [2.05, 4.69) is 49.2 Å². The molecule has 0 saturated heterocycles. The summed E-state index contributed by atoms with van der Waals surface area (Å²) in [6.07, 6.45) is 1.88. The number of rotatable bonds is 3. The van der Waals surface area contributed by atoms with E-state index in [9.17, 15) is 0 Å². The summed E-state index contributed by atoms with van der Waals surface area (Å²) in [6.45, 7) is 4.42. The summed E-state index contributed by atoms with van der Waals surface area (Å²) in [5, 5.41) is 13.6. The van der Waals surface area contributed by atoms with Gasteiger partial charge < -0.3 is 4.42 Å². The van der Waals surface area contributed by atoms with E-state index < -0.39 is 0 Å². The van der Waals surface area contributed by atoms with Gasteiger partial charge in [0.15, 0.2) is 0 Å². The van der Waals surface area contributed by atoms with Gasteiger partial charge in [0.1, 0.15) is 12.2 Å². The molecule has 0 aliphatic heterocycles. The normalized spacial score (nSPS) is 11.3. The summed E-state index contributed by atoms with van der Waals surface area (Å²) in [4.78, 5) is 4.60. The Hall–Kier alpha value is -2.54. The Kier molecular flexibility index (Phi) is 3.65. The lowest BCUT2D eigenvalue weighted by Crippen LogP contribution is -2.00. The molecule has 1 aromatic carbocycles. The summed E-state index contributed by atoms with van der Waals surface area (Å²) in [5.41, 5.74) is 3.70. The van der Waals surface area contributed by atoms with Crippen LogP contribution < -0.4 is 0 Å². The summed E-state index contributed by atoms with van der Waals surface area (Å²) in [6, 6.07) is 10.0. The van der Waals surface area contributed by atoms with Gasteiger partial charge in [0.2, 0.25) is 5.89 Å². The van der Waals surface area contributed by atoms with Gasteiger partial charge in [-0.05, 0) is 48.0 Å². The Morgan fingerprint density at radius 1 is 1.12 bits per heavy atom. The van der Waals surface area contributed by atoms with Crippen LogP contribution in [0.1, 0.15) is 17.1 Å². The van der Waals surface area contributed by atoms with E-state index in [1.807, 2.05) is 37.4 Å². The number of halogens is 1. The maximum atomic E-state index is 5.73. The highest BCUT2D eigenvalue weighted by atomic mass is 79.9. The van der Waals surface area contributed by atoms with E-state index in [1.54, 1.807) is 4.68 Å². The Labute approximate surface area is 146 Å². The topological polar surface area (TPSA) is 69.6 Å². The van der Waals surface area contributed by atoms with E-state index >= 15 is 0 Å². The predicted molar refractivity (Wildman–Crippen MR) is 93.5 cm³/mol. The minimum atomic E-state index is 0.412. The molecular weight excluding hydrogens is 370 g/mol. The lowest BCUT2D eigenvalue weighted by Gasteiger charge is -2.00. The fourth-order valence-electron chi connectivity index (χ4n) is 2.50. The highest BCUT2D eigenvalue weighted by Gasteiger charge is 2.12. The number of aryl methyl sites for hydroxylation is 2. The lowest BCUT2D eigenvalue weighted by molar-refractivity contribution is 0.472. The molecule has 0 spiro atoms. The first kappa shape index (κ1) is 15.0. The van der Waals surface area contributed by atoms with E-state index in [1.165, 1.54) is 5.56 Å². The van der Waals surface area contributed by atoms with Crippen molar-refractivity contribution in [2.75, 3.05) is 0 Å². The number of hydrogen-bond acceptors (Lipinski definition) is 5. The Morgan fingerprint density at radius 3 is 2.79 bits per heavy atom. The van der Waals surface area contributed by atoms with E-state index in [-0.39, 0.29) is 0 Å². The zero-order chi connectivity index (χ0) is 16.7. The maximum absolute atomic E-state index is 5.73. The molecule has 7 heteroatoms. The van der Waals surface area contributed by atoms with E-state index in [4.69, 9.17) is 4.42 Å². The third-order valence-electron chi connectivity index (χ3n) is 3.71.